The van der Waals surface area contributed by atoms with Gasteiger partial charge in [-0.2, -0.15) is 0 Å². The van der Waals surface area contributed by atoms with E-state index < -0.39 is 5.41 Å². The van der Waals surface area contributed by atoms with Gasteiger partial charge in [0.25, 0.3) is 0 Å². The molecule has 2 aromatic carbocycles. The van der Waals surface area contributed by atoms with Gasteiger partial charge in [-0.1, -0.05) is 72.6 Å². The number of ketones is 1. The van der Waals surface area contributed by atoms with Gasteiger partial charge in [0.2, 0.25) is 0 Å². The minimum Gasteiger partial charge on any atom is -0.512 e. The molecule has 35 heavy (non-hydrogen) atoms. The van der Waals surface area contributed by atoms with E-state index in [4.69, 9.17) is 4.98 Å². The Morgan fingerprint density at radius 3 is 1.97 bits per heavy atom. The summed E-state index contributed by atoms with van der Waals surface area (Å²) in [6.45, 7) is 21.8. The average Bonchev–Trinajstić information content (AvgIpc) is 2.69. The van der Waals surface area contributed by atoms with Crippen molar-refractivity contribution in [2.45, 2.75) is 76.2 Å². The fourth-order valence-electron chi connectivity index (χ4n) is 3.47. The molecule has 0 bridgehead atoms. The number of rotatable bonds is 2. The van der Waals surface area contributed by atoms with Crippen molar-refractivity contribution in [3.05, 3.63) is 76.1 Å². The largest absolute Gasteiger partial charge is 0.512 e. The van der Waals surface area contributed by atoms with Gasteiger partial charge in [-0.15, -0.1) is 34.9 Å². The van der Waals surface area contributed by atoms with Crippen molar-refractivity contribution in [3.8, 4) is 11.3 Å². The van der Waals surface area contributed by atoms with Crippen LogP contribution < -0.4 is 0 Å². The summed E-state index contributed by atoms with van der Waals surface area (Å²) in [4.78, 5) is 16.4. The summed E-state index contributed by atoms with van der Waals surface area (Å²) in [5.41, 5.74) is 8.69. The fraction of sp³-hybridized carbons (Fsp3) is 0.419. The van der Waals surface area contributed by atoms with Crippen molar-refractivity contribution in [2.75, 3.05) is 0 Å². The number of nitrogens with zero attached hydrogens (tertiary/aromatic N) is 1. The molecule has 0 aliphatic rings. The Balaban J connectivity index is 0.000000383. The molecule has 3 aromatic rings. The third-order valence-corrected chi connectivity index (χ3v) is 5.88. The van der Waals surface area contributed by atoms with Gasteiger partial charge >= 0.3 is 0 Å². The van der Waals surface area contributed by atoms with E-state index in [9.17, 15) is 9.90 Å². The molecule has 191 valence electrons. The van der Waals surface area contributed by atoms with Crippen LogP contribution in [-0.2, 0) is 24.9 Å². The van der Waals surface area contributed by atoms with Crippen LogP contribution in [0.4, 0.5) is 0 Å². The van der Waals surface area contributed by atoms with Gasteiger partial charge < -0.3 is 5.11 Å². The molecule has 0 atom stereocenters. The van der Waals surface area contributed by atoms with Crippen molar-refractivity contribution >= 4 is 16.7 Å². The predicted octanol–water partition coefficient (Wildman–Crippen LogP) is 8.33. The Bertz CT molecular complexity index is 1220. The number of allylic oxidation sites excluding steroid dienone is 2. The molecule has 0 saturated heterocycles. The van der Waals surface area contributed by atoms with Crippen LogP contribution in [0.25, 0.3) is 22.2 Å². The Morgan fingerprint density at radius 2 is 1.46 bits per heavy atom. The fourth-order valence-corrected chi connectivity index (χ4v) is 3.47. The summed E-state index contributed by atoms with van der Waals surface area (Å²) in [6.07, 6.45) is 1.33. The van der Waals surface area contributed by atoms with Crippen molar-refractivity contribution in [3.63, 3.8) is 0 Å². The zero-order valence-electron chi connectivity index (χ0n) is 23.1. The molecule has 0 unspecified atom stereocenters. The van der Waals surface area contributed by atoms with Crippen molar-refractivity contribution in [1.82, 2.24) is 4.98 Å². The summed E-state index contributed by atoms with van der Waals surface area (Å²) in [6, 6.07) is 14.2. The molecule has 0 aliphatic heterocycles. The third kappa shape index (κ3) is 8.12. The van der Waals surface area contributed by atoms with Crippen molar-refractivity contribution in [1.29, 1.82) is 0 Å². The third-order valence-electron chi connectivity index (χ3n) is 5.88. The molecular weight excluding hydrogens is 611 g/mol. The number of aromatic nitrogens is 1. The molecule has 1 radical (unpaired) electrons. The number of hydrogen-bond acceptors (Lipinski definition) is 3. The zero-order valence-corrected chi connectivity index (χ0v) is 25.5. The van der Waals surface area contributed by atoms with E-state index >= 15 is 0 Å². The van der Waals surface area contributed by atoms with Crippen LogP contribution in [-0.4, -0.2) is 15.9 Å². The van der Waals surface area contributed by atoms with E-state index in [2.05, 4.69) is 71.0 Å². The number of aliphatic hydroxyl groups excluding tert-OH is 1. The SMILES string of the molecule is CC(C)(C)C(=O)/C=C(\O)C(C)(C)C.Cc1[c-]c(-c2nc3ccc(C)cc3c(C)c2C)cc(C)c1.[Ir]. The van der Waals surface area contributed by atoms with Crippen LogP contribution in [0.2, 0.25) is 0 Å². The van der Waals surface area contributed by atoms with Gasteiger partial charge in [0.15, 0.2) is 5.78 Å². The number of carbonyl (C=O) groups excluding carboxylic acids is 1. The Hall–Kier alpha value is -2.29. The Morgan fingerprint density at radius 1 is 0.857 bits per heavy atom. The second-order valence-corrected chi connectivity index (χ2v) is 11.4. The van der Waals surface area contributed by atoms with Crippen LogP contribution in [0.1, 0.15) is 69.4 Å². The van der Waals surface area contributed by atoms with E-state index in [0.29, 0.717) is 0 Å². The summed E-state index contributed by atoms with van der Waals surface area (Å²) in [5.74, 6) is 0.104. The van der Waals surface area contributed by atoms with E-state index in [1.165, 1.54) is 33.7 Å². The molecule has 0 aliphatic carbocycles. The number of carbonyl (C=O) groups is 1. The summed E-state index contributed by atoms with van der Waals surface area (Å²) in [5, 5.41) is 10.8. The monoisotopic (exact) mass is 651 g/mol. The van der Waals surface area contributed by atoms with Crippen molar-refractivity contribution in [2.24, 2.45) is 10.8 Å². The molecule has 0 saturated carbocycles. The molecule has 4 heteroatoms. The molecule has 0 spiro atoms. The second-order valence-electron chi connectivity index (χ2n) is 11.4. The van der Waals surface area contributed by atoms with E-state index in [1.54, 1.807) is 0 Å². The van der Waals surface area contributed by atoms with Crippen LogP contribution in [0.3, 0.4) is 0 Å². The molecule has 1 aromatic heterocycles. The smallest absolute Gasteiger partial charge is 0.164 e. The van der Waals surface area contributed by atoms with Crippen LogP contribution in [0, 0.1) is 51.5 Å². The van der Waals surface area contributed by atoms with Gasteiger partial charge in [-0.05, 0) is 44.2 Å². The molecular formula is C31H40IrNO2-. The first kappa shape index (κ1) is 30.7. The number of pyridine rings is 1. The molecule has 3 nitrogen and oxygen atoms in total. The van der Waals surface area contributed by atoms with E-state index in [0.717, 1.165) is 22.3 Å². The molecule has 0 fully saturated rings. The first-order chi connectivity index (χ1) is 15.5. The molecule has 1 N–H and O–H groups in total. The number of fused-ring (bicyclic) bond motifs is 1. The van der Waals surface area contributed by atoms with Crippen LogP contribution in [0.15, 0.2) is 42.2 Å². The molecule has 1 heterocycles. The molecule has 0 amide bonds. The number of hydrogen-bond donors (Lipinski definition) is 1. The second kappa shape index (κ2) is 11.6. The quantitative estimate of drug-likeness (QED) is 0.172. The first-order valence-electron chi connectivity index (χ1n) is 11.8. The Kier molecular flexibility index (Phi) is 10.2. The summed E-state index contributed by atoms with van der Waals surface area (Å²) >= 11 is 0. The van der Waals surface area contributed by atoms with Gasteiger partial charge in [-0.25, -0.2) is 0 Å². The average molecular weight is 651 g/mol. The number of aryl methyl sites for hydroxylation is 4. The van der Waals surface area contributed by atoms with Crippen molar-refractivity contribution < 1.29 is 30.0 Å². The maximum Gasteiger partial charge on any atom is 0.164 e. The van der Waals surface area contributed by atoms with Gasteiger partial charge in [0.05, 0.1) is 5.52 Å². The Labute approximate surface area is 225 Å². The van der Waals surface area contributed by atoms with Gasteiger partial charge in [-0.3, -0.25) is 9.78 Å². The predicted molar refractivity (Wildman–Crippen MR) is 144 cm³/mol. The zero-order chi connectivity index (χ0) is 26.0. The maximum atomic E-state index is 11.5. The minimum atomic E-state index is -0.417. The normalized spacial score (nSPS) is 12.0. The topological polar surface area (TPSA) is 50.2 Å². The standard InChI is InChI=1S/C20H20N.C11H20O2.Ir/c1-12-6-7-19-18(11-12)15(4)16(5)20(21-19)17-9-13(2)8-14(3)10-17;1-10(2,3)8(12)7-9(13)11(4,5)6;/h6-9,11H,1-5H3;7,12H,1-6H3;/q-1;;/b;8-7-;. The van der Waals surface area contributed by atoms with Gasteiger partial charge in [0.1, 0.15) is 5.76 Å². The maximum absolute atomic E-state index is 11.5. The number of benzene rings is 2. The first-order valence-corrected chi connectivity index (χ1v) is 11.8. The summed E-state index contributed by atoms with van der Waals surface area (Å²) < 4.78 is 0. The van der Waals surface area contributed by atoms with E-state index in [-0.39, 0.29) is 37.1 Å². The number of aliphatic hydroxyl groups is 1. The van der Waals surface area contributed by atoms with Gasteiger partial charge in [0, 0.05) is 42.4 Å². The molecule has 3 rings (SSSR count). The summed E-state index contributed by atoms with van der Waals surface area (Å²) in [7, 11) is 0. The van der Waals surface area contributed by atoms with E-state index in [1.807, 2.05) is 41.5 Å². The minimum absolute atomic E-state index is 0. The van der Waals surface area contributed by atoms with Crippen LogP contribution >= 0.6 is 0 Å². The van der Waals surface area contributed by atoms with Crippen LogP contribution in [0.5, 0.6) is 0 Å².